The van der Waals surface area contributed by atoms with Gasteiger partial charge in [0.15, 0.2) is 11.6 Å². The molecule has 2 N–H and O–H groups in total. The number of amides is 1. The van der Waals surface area contributed by atoms with Gasteiger partial charge in [0.1, 0.15) is 11.8 Å². The number of hydrogen-bond donors (Lipinski definition) is 2. The van der Waals surface area contributed by atoms with E-state index in [1.807, 2.05) is 6.92 Å². The van der Waals surface area contributed by atoms with Crippen LogP contribution < -0.4 is 10.1 Å². The molecule has 1 atom stereocenters. The molecule has 0 aliphatic heterocycles. The third kappa shape index (κ3) is 3.60. The van der Waals surface area contributed by atoms with E-state index < -0.39 is 5.82 Å². The predicted octanol–water partition coefficient (Wildman–Crippen LogP) is 2.74. The molecule has 20 heavy (non-hydrogen) atoms. The van der Waals surface area contributed by atoms with Crippen molar-refractivity contribution in [3.63, 3.8) is 0 Å². The van der Waals surface area contributed by atoms with Gasteiger partial charge in [-0.25, -0.2) is 4.39 Å². The van der Waals surface area contributed by atoms with Crippen molar-refractivity contribution in [2.75, 3.05) is 6.54 Å². The minimum Gasteiger partial charge on any atom is -0.486 e. The monoisotopic (exact) mass is 276 g/mol. The zero-order valence-electron chi connectivity index (χ0n) is 11.2. The predicted molar refractivity (Wildman–Crippen MR) is 74.2 cm³/mol. The number of aromatic nitrogens is 1. The van der Waals surface area contributed by atoms with E-state index in [9.17, 15) is 9.18 Å². The van der Waals surface area contributed by atoms with Crippen molar-refractivity contribution in [2.45, 2.75) is 19.4 Å². The van der Waals surface area contributed by atoms with E-state index in [-0.39, 0.29) is 17.8 Å². The van der Waals surface area contributed by atoms with Gasteiger partial charge in [-0.05, 0) is 30.7 Å². The summed E-state index contributed by atoms with van der Waals surface area (Å²) in [5, 5.41) is 2.76. The maximum absolute atomic E-state index is 13.5. The Balaban J connectivity index is 1.90. The van der Waals surface area contributed by atoms with Gasteiger partial charge in [0, 0.05) is 6.20 Å². The standard InChI is InChI=1S/C15H17FN2O2/c1-2-11(20-14-8-4-3-6-12(14)16)10-18-15(19)13-7-5-9-17-13/h3-9,11,17H,2,10H2,1H3,(H,18,19)/t11-/m0/s1. The molecule has 1 heterocycles. The zero-order chi connectivity index (χ0) is 14.4. The van der Waals surface area contributed by atoms with Crippen LogP contribution in [0.3, 0.4) is 0 Å². The summed E-state index contributed by atoms with van der Waals surface area (Å²) in [6.45, 7) is 2.25. The normalized spacial score (nSPS) is 11.9. The molecule has 4 nitrogen and oxygen atoms in total. The lowest BCUT2D eigenvalue weighted by molar-refractivity contribution is 0.0920. The van der Waals surface area contributed by atoms with E-state index in [0.717, 1.165) is 0 Å². The number of benzene rings is 1. The first-order valence-corrected chi connectivity index (χ1v) is 6.53. The molecule has 106 valence electrons. The Morgan fingerprint density at radius 3 is 2.80 bits per heavy atom. The summed E-state index contributed by atoms with van der Waals surface area (Å²) in [5.41, 5.74) is 0.491. The van der Waals surface area contributed by atoms with Gasteiger partial charge in [-0.15, -0.1) is 0 Å². The van der Waals surface area contributed by atoms with Crippen LogP contribution in [0.15, 0.2) is 42.6 Å². The van der Waals surface area contributed by atoms with Crippen molar-refractivity contribution in [1.29, 1.82) is 0 Å². The largest absolute Gasteiger partial charge is 0.486 e. The van der Waals surface area contributed by atoms with Gasteiger partial charge in [-0.3, -0.25) is 4.79 Å². The fourth-order valence-corrected chi connectivity index (χ4v) is 1.76. The molecule has 0 saturated carbocycles. The highest BCUT2D eigenvalue weighted by Crippen LogP contribution is 2.17. The van der Waals surface area contributed by atoms with Crippen LogP contribution in [0, 0.1) is 5.82 Å². The number of aromatic amines is 1. The molecule has 1 amide bonds. The van der Waals surface area contributed by atoms with E-state index in [4.69, 9.17) is 4.74 Å². The second-order valence-corrected chi connectivity index (χ2v) is 4.37. The summed E-state index contributed by atoms with van der Waals surface area (Å²) >= 11 is 0. The van der Waals surface area contributed by atoms with E-state index in [1.54, 1.807) is 36.5 Å². The average Bonchev–Trinajstić information content (AvgIpc) is 2.99. The lowest BCUT2D eigenvalue weighted by atomic mass is 10.2. The van der Waals surface area contributed by atoms with E-state index in [1.165, 1.54) is 6.07 Å². The Morgan fingerprint density at radius 1 is 1.35 bits per heavy atom. The third-order valence-corrected chi connectivity index (χ3v) is 2.92. The van der Waals surface area contributed by atoms with E-state index in [2.05, 4.69) is 10.3 Å². The summed E-state index contributed by atoms with van der Waals surface area (Å²) in [6, 6.07) is 9.68. The summed E-state index contributed by atoms with van der Waals surface area (Å²) in [5.74, 6) is -0.402. The van der Waals surface area contributed by atoms with E-state index in [0.29, 0.717) is 18.7 Å². The van der Waals surface area contributed by atoms with Crippen LogP contribution in [0.4, 0.5) is 4.39 Å². The number of halogens is 1. The maximum atomic E-state index is 13.5. The first kappa shape index (κ1) is 14.1. The SMILES string of the molecule is CC[C@@H](CNC(=O)c1ccc[nH]1)Oc1ccccc1F. The molecule has 0 aliphatic carbocycles. The fraction of sp³-hybridized carbons (Fsp3) is 0.267. The molecule has 1 aromatic carbocycles. The van der Waals surface area contributed by atoms with Crippen LogP contribution in [-0.2, 0) is 0 Å². The summed E-state index contributed by atoms with van der Waals surface area (Å²) in [4.78, 5) is 14.6. The van der Waals surface area contributed by atoms with Crippen LogP contribution in [0.1, 0.15) is 23.8 Å². The number of H-pyrrole nitrogens is 1. The lowest BCUT2D eigenvalue weighted by Gasteiger charge is -2.18. The number of carbonyl (C=O) groups is 1. The molecule has 0 fully saturated rings. The van der Waals surface area contributed by atoms with Crippen LogP contribution in [-0.4, -0.2) is 23.5 Å². The van der Waals surface area contributed by atoms with Gasteiger partial charge in [0.25, 0.3) is 5.91 Å². The number of ether oxygens (including phenoxy) is 1. The Kier molecular flexibility index (Phi) is 4.76. The highest BCUT2D eigenvalue weighted by molar-refractivity contribution is 5.92. The Hall–Kier alpha value is -2.30. The molecule has 5 heteroatoms. The average molecular weight is 276 g/mol. The van der Waals surface area contributed by atoms with Gasteiger partial charge in [0.2, 0.25) is 0 Å². The molecule has 0 spiro atoms. The van der Waals surface area contributed by atoms with Crippen LogP contribution in [0.25, 0.3) is 0 Å². The summed E-state index contributed by atoms with van der Waals surface area (Å²) < 4.78 is 19.1. The number of carbonyl (C=O) groups excluding carboxylic acids is 1. The molecule has 0 saturated heterocycles. The molecular formula is C15H17FN2O2. The van der Waals surface area contributed by atoms with Crippen molar-refractivity contribution in [3.05, 3.63) is 54.1 Å². The van der Waals surface area contributed by atoms with Gasteiger partial charge >= 0.3 is 0 Å². The first-order valence-electron chi connectivity index (χ1n) is 6.53. The maximum Gasteiger partial charge on any atom is 0.267 e. The van der Waals surface area contributed by atoms with E-state index >= 15 is 0 Å². The topological polar surface area (TPSA) is 54.1 Å². The minimum absolute atomic E-state index is 0.202. The van der Waals surface area contributed by atoms with Crippen LogP contribution in [0.5, 0.6) is 5.75 Å². The quantitative estimate of drug-likeness (QED) is 0.852. The Bertz CT molecular complexity index is 555. The first-order chi connectivity index (χ1) is 9.70. The van der Waals surface area contributed by atoms with Crippen molar-refractivity contribution < 1.29 is 13.9 Å². The summed E-state index contributed by atoms with van der Waals surface area (Å²) in [7, 11) is 0. The van der Waals surface area contributed by atoms with Crippen molar-refractivity contribution in [3.8, 4) is 5.75 Å². The van der Waals surface area contributed by atoms with Gasteiger partial charge < -0.3 is 15.0 Å². The van der Waals surface area contributed by atoms with Crippen LogP contribution >= 0.6 is 0 Å². The van der Waals surface area contributed by atoms with Crippen molar-refractivity contribution in [1.82, 2.24) is 10.3 Å². The Morgan fingerprint density at radius 2 is 2.15 bits per heavy atom. The van der Waals surface area contributed by atoms with Crippen LogP contribution in [0.2, 0.25) is 0 Å². The molecule has 0 radical (unpaired) electrons. The van der Waals surface area contributed by atoms with Gasteiger partial charge in [0.05, 0.1) is 6.54 Å². The van der Waals surface area contributed by atoms with Gasteiger partial charge in [-0.2, -0.15) is 0 Å². The lowest BCUT2D eigenvalue weighted by Crippen LogP contribution is -2.35. The van der Waals surface area contributed by atoms with Crippen molar-refractivity contribution in [2.24, 2.45) is 0 Å². The molecule has 2 rings (SSSR count). The highest BCUT2D eigenvalue weighted by atomic mass is 19.1. The highest BCUT2D eigenvalue weighted by Gasteiger charge is 2.13. The number of nitrogens with one attached hydrogen (secondary N) is 2. The minimum atomic E-state index is -0.401. The van der Waals surface area contributed by atoms with Crippen molar-refractivity contribution >= 4 is 5.91 Å². The number of rotatable bonds is 6. The fourth-order valence-electron chi connectivity index (χ4n) is 1.76. The Labute approximate surface area is 117 Å². The number of hydrogen-bond acceptors (Lipinski definition) is 2. The summed E-state index contributed by atoms with van der Waals surface area (Å²) in [6.07, 6.45) is 2.08. The molecular weight excluding hydrogens is 259 g/mol. The second-order valence-electron chi connectivity index (χ2n) is 4.37. The molecule has 0 aliphatic rings. The molecule has 1 aromatic heterocycles. The zero-order valence-corrected chi connectivity index (χ0v) is 11.2. The number of para-hydroxylation sites is 1. The molecule has 0 bridgehead atoms. The smallest absolute Gasteiger partial charge is 0.267 e. The molecule has 2 aromatic rings. The van der Waals surface area contributed by atoms with Gasteiger partial charge in [-0.1, -0.05) is 19.1 Å². The molecule has 0 unspecified atom stereocenters. The second kappa shape index (κ2) is 6.75. The third-order valence-electron chi connectivity index (χ3n) is 2.92.